The van der Waals surface area contributed by atoms with Gasteiger partial charge in [0.1, 0.15) is 17.2 Å². The predicted molar refractivity (Wildman–Crippen MR) is 161 cm³/mol. The van der Waals surface area contributed by atoms with Crippen molar-refractivity contribution in [3.8, 4) is 22.5 Å². The van der Waals surface area contributed by atoms with Crippen LogP contribution < -0.4 is 11.1 Å². The van der Waals surface area contributed by atoms with Gasteiger partial charge in [-0.3, -0.25) is 9.78 Å². The summed E-state index contributed by atoms with van der Waals surface area (Å²) in [5.74, 6) is 1.91. The first-order valence-electron chi connectivity index (χ1n) is 14.7. The van der Waals surface area contributed by atoms with E-state index in [0.29, 0.717) is 12.6 Å². The number of nitrogens with zero attached hydrogens (tertiary/aromatic N) is 4. The van der Waals surface area contributed by atoms with Gasteiger partial charge in [-0.05, 0) is 67.1 Å². The largest absolute Gasteiger partial charge is 0.341 e. The van der Waals surface area contributed by atoms with E-state index in [9.17, 15) is 4.79 Å². The van der Waals surface area contributed by atoms with Gasteiger partial charge in [0.15, 0.2) is 0 Å². The molecule has 0 radical (unpaired) electrons. The fraction of sp³-hybridized carbons (Fsp3) is 0.375. The molecule has 2 aliphatic heterocycles. The Morgan fingerprint density at radius 3 is 2.54 bits per heavy atom. The van der Waals surface area contributed by atoms with E-state index < -0.39 is 6.04 Å². The van der Waals surface area contributed by atoms with Gasteiger partial charge in [-0.15, -0.1) is 0 Å². The number of imidazole rings is 2. The number of amides is 1. The summed E-state index contributed by atoms with van der Waals surface area (Å²) in [4.78, 5) is 36.1. The second-order valence-electron chi connectivity index (χ2n) is 11.8. The van der Waals surface area contributed by atoms with Gasteiger partial charge in [0.25, 0.3) is 0 Å². The van der Waals surface area contributed by atoms with E-state index in [0.717, 1.165) is 81.8 Å². The molecule has 41 heavy (non-hydrogen) atoms. The molecule has 3 atom stereocenters. The average molecular weight is 549 g/mol. The summed E-state index contributed by atoms with van der Waals surface area (Å²) < 4.78 is 0. The lowest BCUT2D eigenvalue weighted by Gasteiger charge is -2.27. The lowest BCUT2D eigenvalue weighted by molar-refractivity contribution is -0.134. The Morgan fingerprint density at radius 1 is 0.951 bits per heavy atom. The number of nitrogens with one attached hydrogen (secondary N) is 3. The molecule has 5 heterocycles. The average Bonchev–Trinajstić information content (AvgIpc) is 3.80. The van der Waals surface area contributed by atoms with Crippen LogP contribution in [0, 0.1) is 5.92 Å². The molecule has 210 valence electrons. The molecule has 5 aromatic rings. The quantitative estimate of drug-likeness (QED) is 0.230. The number of likely N-dealkylation sites (tertiary alicyclic amines) is 1. The molecular weight excluding hydrogens is 512 g/mol. The monoisotopic (exact) mass is 548 g/mol. The van der Waals surface area contributed by atoms with Crippen molar-refractivity contribution in [3.05, 3.63) is 66.5 Å². The van der Waals surface area contributed by atoms with E-state index in [-0.39, 0.29) is 17.9 Å². The maximum Gasteiger partial charge on any atom is 0.240 e. The van der Waals surface area contributed by atoms with Crippen LogP contribution in [-0.4, -0.2) is 54.9 Å². The van der Waals surface area contributed by atoms with Gasteiger partial charge in [0, 0.05) is 17.7 Å². The highest BCUT2D eigenvalue weighted by atomic mass is 16.2. The molecule has 2 fully saturated rings. The maximum absolute atomic E-state index is 13.0. The van der Waals surface area contributed by atoms with E-state index >= 15 is 0 Å². The summed E-state index contributed by atoms with van der Waals surface area (Å²) in [6.45, 7) is 5.73. The molecule has 7 rings (SSSR count). The van der Waals surface area contributed by atoms with Crippen LogP contribution in [0.5, 0.6) is 0 Å². The Labute approximate surface area is 239 Å². The summed E-state index contributed by atoms with van der Waals surface area (Å²) in [5, 5.41) is 5.82. The lowest BCUT2D eigenvalue weighted by atomic mass is 10.0. The minimum absolute atomic E-state index is 0.000109. The molecule has 0 spiro atoms. The van der Waals surface area contributed by atoms with Crippen LogP contribution in [0.4, 0.5) is 0 Å². The van der Waals surface area contributed by atoms with E-state index in [1.807, 2.05) is 37.2 Å². The fourth-order valence-electron chi connectivity index (χ4n) is 6.19. The van der Waals surface area contributed by atoms with Crippen molar-refractivity contribution >= 4 is 27.7 Å². The van der Waals surface area contributed by atoms with Crippen molar-refractivity contribution in [2.45, 2.75) is 57.7 Å². The number of rotatable bonds is 6. The van der Waals surface area contributed by atoms with Crippen molar-refractivity contribution in [3.63, 3.8) is 0 Å². The van der Waals surface area contributed by atoms with E-state index in [2.05, 4.69) is 56.7 Å². The number of fused-ring (bicyclic) bond motifs is 2. The number of nitrogens with two attached hydrogens (primary N) is 1. The second kappa shape index (κ2) is 10.4. The number of aromatic nitrogens is 5. The smallest absolute Gasteiger partial charge is 0.240 e. The molecule has 5 N–H and O–H groups in total. The predicted octanol–water partition coefficient (Wildman–Crippen LogP) is 5.24. The first kappa shape index (κ1) is 25.9. The summed E-state index contributed by atoms with van der Waals surface area (Å²) >= 11 is 0. The van der Waals surface area contributed by atoms with Crippen LogP contribution >= 0.6 is 0 Å². The van der Waals surface area contributed by atoms with Crippen molar-refractivity contribution < 1.29 is 4.79 Å². The lowest BCUT2D eigenvalue weighted by Crippen LogP contribution is -2.46. The highest BCUT2D eigenvalue weighted by molar-refractivity contribution is 5.91. The van der Waals surface area contributed by atoms with Crippen molar-refractivity contribution in [1.29, 1.82) is 0 Å². The minimum Gasteiger partial charge on any atom is -0.341 e. The number of hydrogen-bond donors (Lipinski definition) is 4. The van der Waals surface area contributed by atoms with Gasteiger partial charge >= 0.3 is 0 Å². The Balaban J connectivity index is 1.14. The zero-order valence-electron chi connectivity index (χ0n) is 23.5. The number of carbonyl (C=O) groups is 1. The van der Waals surface area contributed by atoms with Crippen LogP contribution in [0.2, 0.25) is 0 Å². The third kappa shape index (κ3) is 4.79. The van der Waals surface area contributed by atoms with Crippen molar-refractivity contribution in [1.82, 2.24) is 35.1 Å². The molecule has 9 heteroatoms. The molecule has 2 saturated heterocycles. The summed E-state index contributed by atoms with van der Waals surface area (Å²) in [5.41, 5.74) is 12.0. The summed E-state index contributed by atoms with van der Waals surface area (Å²) in [6.07, 6.45) is 7.88. The first-order valence-corrected chi connectivity index (χ1v) is 14.7. The molecule has 2 aromatic carbocycles. The zero-order chi connectivity index (χ0) is 28.1. The SMILES string of the molecule is CC(C)[C@H](N)C(=O)N1CCC[C@H]1c1nc2cnc(-c3ccc4cc(-c5cnc([C@@H]6CCCN6)[nH]5)ccc4c3)cc2[nH]1. The van der Waals surface area contributed by atoms with Gasteiger partial charge in [-0.25, -0.2) is 9.97 Å². The number of carbonyl (C=O) groups excluding carboxylic acids is 1. The van der Waals surface area contributed by atoms with Gasteiger partial charge < -0.3 is 25.9 Å². The normalized spacial score (nSPS) is 20.0. The molecule has 0 aliphatic carbocycles. The Morgan fingerprint density at radius 2 is 1.76 bits per heavy atom. The molecule has 2 aliphatic rings. The van der Waals surface area contributed by atoms with Gasteiger partial charge in [-0.2, -0.15) is 0 Å². The highest BCUT2D eigenvalue weighted by Crippen LogP contribution is 2.34. The zero-order valence-corrected chi connectivity index (χ0v) is 23.5. The standard InChI is InChI=1S/C32H36N8O/c1-18(2)29(33)32(41)40-12-4-6-28(40)31-37-25-15-24(35-17-27(25)39-31)21-9-7-20-14-22(10-8-19(20)13-21)26-16-36-30(38-26)23-5-3-11-34-23/h7-10,13-18,23,28-29,34H,3-6,11-12,33H2,1-2H3,(H,36,38)(H,37,39)/t23-,28-,29-/m0/s1. The van der Waals surface area contributed by atoms with Crippen LogP contribution in [0.15, 0.2) is 54.9 Å². The van der Waals surface area contributed by atoms with E-state index in [1.54, 1.807) is 0 Å². The van der Waals surface area contributed by atoms with E-state index in [1.165, 1.54) is 6.42 Å². The van der Waals surface area contributed by atoms with Crippen LogP contribution in [0.3, 0.4) is 0 Å². The van der Waals surface area contributed by atoms with Crippen molar-refractivity contribution in [2.75, 3.05) is 13.1 Å². The van der Waals surface area contributed by atoms with Crippen LogP contribution in [-0.2, 0) is 4.79 Å². The van der Waals surface area contributed by atoms with Gasteiger partial charge in [-0.1, -0.05) is 38.1 Å². The number of hydrogen-bond acceptors (Lipinski definition) is 6. The topological polar surface area (TPSA) is 129 Å². The van der Waals surface area contributed by atoms with E-state index in [4.69, 9.17) is 15.7 Å². The van der Waals surface area contributed by atoms with Crippen molar-refractivity contribution in [2.24, 2.45) is 11.7 Å². The summed E-state index contributed by atoms with van der Waals surface area (Å²) in [7, 11) is 0. The molecular formula is C32H36N8O. The summed E-state index contributed by atoms with van der Waals surface area (Å²) in [6, 6.07) is 14.7. The third-order valence-electron chi connectivity index (χ3n) is 8.67. The molecule has 3 aromatic heterocycles. The van der Waals surface area contributed by atoms with Gasteiger partial charge in [0.05, 0.1) is 47.4 Å². The molecule has 1 amide bonds. The Hall–Kier alpha value is -4.08. The fourth-order valence-corrected chi connectivity index (χ4v) is 6.19. The van der Waals surface area contributed by atoms with Crippen LogP contribution in [0.1, 0.15) is 63.3 Å². The number of pyridine rings is 1. The highest BCUT2D eigenvalue weighted by Gasteiger charge is 2.35. The maximum atomic E-state index is 13.0. The number of aromatic amines is 2. The molecule has 0 unspecified atom stereocenters. The number of benzene rings is 2. The Bertz CT molecular complexity index is 1730. The molecule has 0 bridgehead atoms. The Kier molecular flexibility index (Phi) is 6.55. The molecule has 9 nitrogen and oxygen atoms in total. The third-order valence-corrected chi connectivity index (χ3v) is 8.67. The molecule has 0 saturated carbocycles. The second-order valence-corrected chi connectivity index (χ2v) is 11.8. The van der Waals surface area contributed by atoms with Gasteiger partial charge in [0.2, 0.25) is 5.91 Å². The first-order chi connectivity index (χ1) is 19.9. The van der Waals surface area contributed by atoms with Crippen LogP contribution in [0.25, 0.3) is 44.3 Å². The number of H-pyrrole nitrogens is 2. The minimum atomic E-state index is -0.497.